The lowest BCUT2D eigenvalue weighted by atomic mass is 10.2. The maximum absolute atomic E-state index is 12.3. The van der Waals surface area contributed by atoms with Crippen LogP contribution in [0.25, 0.3) is 6.08 Å². The summed E-state index contributed by atoms with van der Waals surface area (Å²) in [6, 6.07) is 13.4. The van der Waals surface area contributed by atoms with E-state index >= 15 is 0 Å². The van der Waals surface area contributed by atoms with Gasteiger partial charge in [-0.15, -0.1) is 0 Å². The molecule has 1 amide bonds. The lowest BCUT2D eigenvalue weighted by molar-refractivity contribution is -0.116. The van der Waals surface area contributed by atoms with E-state index in [1.807, 2.05) is 19.1 Å². The second kappa shape index (κ2) is 9.31. The van der Waals surface area contributed by atoms with Crippen molar-refractivity contribution in [2.75, 3.05) is 0 Å². The Kier molecular flexibility index (Phi) is 6.58. The Morgan fingerprint density at radius 1 is 1.10 bits per heavy atom. The molecule has 0 saturated carbocycles. The summed E-state index contributed by atoms with van der Waals surface area (Å²) in [5.74, 6) is 0.270. The van der Waals surface area contributed by atoms with Gasteiger partial charge in [0.15, 0.2) is 0 Å². The van der Waals surface area contributed by atoms with Crippen molar-refractivity contribution in [2.24, 2.45) is 0 Å². The highest BCUT2D eigenvalue weighted by molar-refractivity contribution is 7.89. The number of carbonyl (C=O) groups is 1. The minimum Gasteiger partial charge on any atom is -0.468 e. The maximum Gasteiger partial charge on any atom is 0.244 e. The number of rotatable bonds is 8. The van der Waals surface area contributed by atoms with E-state index in [2.05, 4.69) is 15.0 Å². The van der Waals surface area contributed by atoms with Crippen molar-refractivity contribution in [1.29, 1.82) is 0 Å². The van der Waals surface area contributed by atoms with E-state index < -0.39 is 10.0 Å². The van der Waals surface area contributed by atoms with Gasteiger partial charge in [-0.05, 0) is 54.5 Å². The summed E-state index contributed by atoms with van der Waals surface area (Å²) in [5.41, 5.74) is 2.53. The van der Waals surface area contributed by atoms with Gasteiger partial charge in [0.05, 0.1) is 29.9 Å². The number of nitrogens with one attached hydrogen (secondary N) is 2. The Bertz CT molecular complexity index is 1090. The van der Waals surface area contributed by atoms with Crippen LogP contribution in [-0.2, 0) is 27.9 Å². The molecule has 29 heavy (non-hydrogen) atoms. The predicted octanol–water partition coefficient (Wildman–Crippen LogP) is 2.79. The monoisotopic (exact) mass is 411 g/mol. The van der Waals surface area contributed by atoms with E-state index in [4.69, 9.17) is 4.42 Å². The predicted molar refractivity (Wildman–Crippen MR) is 109 cm³/mol. The first-order valence-electron chi connectivity index (χ1n) is 8.92. The third-order valence-corrected chi connectivity index (χ3v) is 5.60. The van der Waals surface area contributed by atoms with Crippen LogP contribution in [-0.4, -0.2) is 19.3 Å². The van der Waals surface area contributed by atoms with Crippen molar-refractivity contribution in [3.05, 3.63) is 89.6 Å². The number of benzene rings is 1. The fourth-order valence-electron chi connectivity index (χ4n) is 2.53. The second-order valence-electron chi connectivity index (χ2n) is 6.29. The fourth-order valence-corrected chi connectivity index (χ4v) is 3.52. The molecule has 0 spiro atoms. The lowest BCUT2D eigenvalue weighted by Gasteiger charge is -2.06. The molecule has 0 radical (unpaired) electrons. The molecule has 2 heterocycles. The Morgan fingerprint density at radius 3 is 2.59 bits per heavy atom. The average Bonchev–Trinajstić information content (AvgIpc) is 3.24. The van der Waals surface area contributed by atoms with E-state index in [9.17, 15) is 13.2 Å². The van der Waals surface area contributed by atoms with E-state index in [-0.39, 0.29) is 17.3 Å². The minimum atomic E-state index is -3.65. The van der Waals surface area contributed by atoms with Crippen molar-refractivity contribution < 1.29 is 17.6 Å². The smallest absolute Gasteiger partial charge is 0.244 e. The molecule has 0 saturated heterocycles. The first-order valence-corrected chi connectivity index (χ1v) is 10.4. The summed E-state index contributed by atoms with van der Waals surface area (Å²) in [6.07, 6.45) is 6.19. The van der Waals surface area contributed by atoms with Gasteiger partial charge < -0.3 is 9.73 Å². The molecule has 0 bridgehead atoms. The molecule has 150 valence electrons. The van der Waals surface area contributed by atoms with Gasteiger partial charge in [0.25, 0.3) is 0 Å². The molecule has 3 aromatic rings. The van der Waals surface area contributed by atoms with Gasteiger partial charge in [0, 0.05) is 12.3 Å². The second-order valence-corrected chi connectivity index (χ2v) is 8.06. The first-order chi connectivity index (χ1) is 13.9. The van der Waals surface area contributed by atoms with Crippen molar-refractivity contribution in [1.82, 2.24) is 15.0 Å². The fraction of sp³-hybridized carbons (Fsp3) is 0.143. The third kappa shape index (κ3) is 5.87. The zero-order chi connectivity index (χ0) is 20.7. The van der Waals surface area contributed by atoms with Crippen LogP contribution >= 0.6 is 0 Å². The lowest BCUT2D eigenvalue weighted by Crippen LogP contribution is -2.23. The highest BCUT2D eigenvalue weighted by Gasteiger charge is 2.14. The van der Waals surface area contributed by atoms with Gasteiger partial charge in [-0.3, -0.25) is 9.78 Å². The van der Waals surface area contributed by atoms with Crippen molar-refractivity contribution >= 4 is 22.0 Å². The molecule has 8 heteroatoms. The summed E-state index contributed by atoms with van der Waals surface area (Å²) in [6.45, 7) is 2.35. The molecular formula is C21H21N3O4S. The highest BCUT2D eigenvalue weighted by Crippen LogP contribution is 2.12. The number of furan rings is 1. The summed E-state index contributed by atoms with van der Waals surface area (Å²) < 4.78 is 32.2. The number of amides is 1. The van der Waals surface area contributed by atoms with Crippen LogP contribution in [0.4, 0.5) is 0 Å². The minimum absolute atomic E-state index is 0.0763. The summed E-state index contributed by atoms with van der Waals surface area (Å²) in [7, 11) is -3.65. The summed E-state index contributed by atoms with van der Waals surface area (Å²) >= 11 is 0. The van der Waals surface area contributed by atoms with Crippen molar-refractivity contribution in [3.63, 3.8) is 0 Å². The number of sulfonamides is 1. The standard InChI is InChI=1S/C21H21N3O4S/c1-16-4-2-12-22-20(16)15-23-21(25)11-8-17-6-9-19(10-7-17)29(26,27)24-14-18-5-3-13-28-18/h2-13,24H,14-15H2,1H3,(H,23,25). The third-order valence-electron chi connectivity index (χ3n) is 4.18. The SMILES string of the molecule is Cc1cccnc1CNC(=O)C=Cc1ccc(S(=O)(=O)NCc2ccco2)cc1. The van der Waals surface area contributed by atoms with Gasteiger partial charge in [-0.25, -0.2) is 13.1 Å². The van der Waals surface area contributed by atoms with Crippen LogP contribution < -0.4 is 10.0 Å². The van der Waals surface area contributed by atoms with Gasteiger partial charge in [-0.1, -0.05) is 18.2 Å². The topological polar surface area (TPSA) is 101 Å². The van der Waals surface area contributed by atoms with Gasteiger partial charge in [0.1, 0.15) is 5.76 Å². The number of carbonyl (C=O) groups excluding carboxylic acids is 1. The Labute approximate surface area is 169 Å². The molecule has 0 aliphatic rings. The van der Waals surface area contributed by atoms with Crippen molar-refractivity contribution in [3.8, 4) is 0 Å². The van der Waals surface area contributed by atoms with Crippen LogP contribution in [0.1, 0.15) is 22.6 Å². The van der Waals surface area contributed by atoms with Crippen molar-refractivity contribution in [2.45, 2.75) is 24.9 Å². The number of aromatic nitrogens is 1. The highest BCUT2D eigenvalue weighted by atomic mass is 32.2. The molecule has 3 rings (SSSR count). The Morgan fingerprint density at radius 2 is 1.90 bits per heavy atom. The molecule has 7 nitrogen and oxygen atoms in total. The van der Waals surface area contributed by atoms with Crippen LogP contribution in [0.5, 0.6) is 0 Å². The molecule has 0 atom stereocenters. The van der Waals surface area contributed by atoms with E-state index in [1.165, 1.54) is 24.5 Å². The normalized spacial score (nSPS) is 11.6. The van der Waals surface area contributed by atoms with Gasteiger partial charge in [-0.2, -0.15) is 0 Å². The van der Waals surface area contributed by atoms with Crippen LogP contribution in [0.15, 0.2) is 76.4 Å². The number of nitrogens with zero attached hydrogens (tertiary/aromatic N) is 1. The summed E-state index contributed by atoms with van der Waals surface area (Å²) in [5, 5.41) is 2.77. The number of pyridine rings is 1. The molecular weight excluding hydrogens is 390 g/mol. The zero-order valence-corrected chi connectivity index (χ0v) is 16.6. The number of aryl methyl sites for hydroxylation is 1. The summed E-state index contributed by atoms with van der Waals surface area (Å²) in [4.78, 5) is 16.3. The maximum atomic E-state index is 12.3. The van der Waals surface area contributed by atoms with Crippen LogP contribution in [0, 0.1) is 6.92 Å². The zero-order valence-electron chi connectivity index (χ0n) is 15.8. The molecule has 1 aromatic carbocycles. The van der Waals surface area contributed by atoms with E-state index in [0.717, 1.165) is 11.3 Å². The van der Waals surface area contributed by atoms with Crippen LogP contribution in [0.3, 0.4) is 0 Å². The molecule has 0 fully saturated rings. The van der Waals surface area contributed by atoms with E-state index in [1.54, 1.807) is 36.5 Å². The largest absolute Gasteiger partial charge is 0.468 e. The molecule has 2 aromatic heterocycles. The van der Waals surface area contributed by atoms with Crippen LogP contribution in [0.2, 0.25) is 0 Å². The van der Waals surface area contributed by atoms with Gasteiger partial charge >= 0.3 is 0 Å². The van der Waals surface area contributed by atoms with Gasteiger partial charge in [0.2, 0.25) is 15.9 Å². The Hall–Kier alpha value is -3.23. The Balaban J connectivity index is 1.55. The quantitative estimate of drug-likeness (QED) is 0.555. The molecule has 0 aliphatic carbocycles. The number of hydrogen-bond acceptors (Lipinski definition) is 5. The number of hydrogen-bond donors (Lipinski definition) is 2. The van der Waals surface area contributed by atoms with E-state index in [0.29, 0.717) is 17.9 Å². The average molecular weight is 411 g/mol. The molecule has 2 N–H and O–H groups in total. The molecule has 0 aliphatic heterocycles. The first kappa shape index (κ1) is 20.5. The molecule has 0 unspecified atom stereocenters.